The molecule has 1 heterocycles. The molecule has 17 heavy (non-hydrogen) atoms. The van der Waals surface area contributed by atoms with Crippen molar-refractivity contribution in [1.29, 1.82) is 0 Å². The molecule has 1 aromatic carbocycles. The number of nitrogens with zero attached hydrogens (tertiary/aromatic N) is 1. The van der Waals surface area contributed by atoms with Crippen molar-refractivity contribution < 1.29 is 0 Å². The van der Waals surface area contributed by atoms with E-state index in [0.717, 1.165) is 6.54 Å². The highest BCUT2D eigenvalue weighted by Gasteiger charge is 2.16. The Morgan fingerprint density at radius 1 is 1.35 bits per heavy atom. The molecule has 0 amide bonds. The van der Waals surface area contributed by atoms with E-state index in [2.05, 4.69) is 49.3 Å². The zero-order valence-electron chi connectivity index (χ0n) is 11.3. The standard InChI is InChI=1S/C15H24N2/c1-12-6-7-13(2)14(9-12)10-16-15-5-4-8-17(3)11-15/h6-7,9,15-16H,4-5,8,10-11H2,1-3H3. The van der Waals surface area contributed by atoms with Crippen LogP contribution >= 0.6 is 0 Å². The Hall–Kier alpha value is -0.860. The average molecular weight is 232 g/mol. The van der Waals surface area contributed by atoms with E-state index in [9.17, 15) is 0 Å². The number of hydrogen-bond acceptors (Lipinski definition) is 2. The Bertz CT molecular complexity index is 373. The quantitative estimate of drug-likeness (QED) is 0.861. The van der Waals surface area contributed by atoms with Crippen molar-refractivity contribution in [3.63, 3.8) is 0 Å². The lowest BCUT2D eigenvalue weighted by Crippen LogP contribution is -2.43. The first-order valence-corrected chi connectivity index (χ1v) is 6.63. The van der Waals surface area contributed by atoms with Crippen LogP contribution in [-0.4, -0.2) is 31.1 Å². The number of benzene rings is 1. The van der Waals surface area contributed by atoms with Crippen LogP contribution in [0.1, 0.15) is 29.5 Å². The predicted octanol–water partition coefficient (Wildman–Crippen LogP) is 2.49. The Balaban J connectivity index is 1.90. The zero-order chi connectivity index (χ0) is 12.3. The van der Waals surface area contributed by atoms with Gasteiger partial charge >= 0.3 is 0 Å². The maximum absolute atomic E-state index is 3.69. The van der Waals surface area contributed by atoms with E-state index in [4.69, 9.17) is 0 Å². The molecule has 1 unspecified atom stereocenters. The number of likely N-dealkylation sites (N-methyl/N-ethyl adjacent to an activating group) is 1. The summed E-state index contributed by atoms with van der Waals surface area (Å²) < 4.78 is 0. The highest BCUT2D eigenvalue weighted by atomic mass is 15.1. The number of nitrogens with one attached hydrogen (secondary N) is 1. The molecular weight excluding hydrogens is 208 g/mol. The number of piperidine rings is 1. The van der Waals surface area contributed by atoms with Crippen molar-refractivity contribution in [1.82, 2.24) is 10.2 Å². The van der Waals surface area contributed by atoms with Crippen molar-refractivity contribution in [2.75, 3.05) is 20.1 Å². The topological polar surface area (TPSA) is 15.3 Å². The van der Waals surface area contributed by atoms with Gasteiger partial charge in [-0.2, -0.15) is 0 Å². The highest BCUT2D eigenvalue weighted by Crippen LogP contribution is 2.13. The molecule has 1 saturated heterocycles. The van der Waals surface area contributed by atoms with Gasteiger partial charge in [-0.25, -0.2) is 0 Å². The van der Waals surface area contributed by atoms with E-state index < -0.39 is 0 Å². The molecule has 0 aliphatic carbocycles. The molecule has 1 N–H and O–H groups in total. The van der Waals surface area contributed by atoms with Crippen LogP contribution in [0.2, 0.25) is 0 Å². The normalized spacial score (nSPS) is 21.7. The van der Waals surface area contributed by atoms with Gasteiger partial charge in [-0.15, -0.1) is 0 Å². The molecule has 2 heteroatoms. The minimum atomic E-state index is 0.661. The van der Waals surface area contributed by atoms with Crippen molar-refractivity contribution in [2.45, 2.75) is 39.3 Å². The fraction of sp³-hybridized carbons (Fsp3) is 0.600. The van der Waals surface area contributed by atoms with Gasteiger partial charge in [0.1, 0.15) is 0 Å². The molecule has 2 nitrogen and oxygen atoms in total. The van der Waals surface area contributed by atoms with Crippen molar-refractivity contribution in [3.05, 3.63) is 34.9 Å². The smallest absolute Gasteiger partial charge is 0.0211 e. The van der Waals surface area contributed by atoms with Gasteiger partial charge in [-0.3, -0.25) is 0 Å². The van der Waals surface area contributed by atoms with Crippen LogP contribution in [-0.2, 0) is 6.54 Å². The molecule has 0 aromatic heterocycles. The molecule has 2 rings (SSSR count). The summed E-state index contributed by atoms with van der Waals surface area (Å²) in [4.78, 5) is 2.42. The largest absolute Gasteiger partial charge is 0.309 e. The third-order valence-corrected chi connectivity index (χ3v) is 3.71. The van der Waals surface area contributed by atoms with E-state index in [1.54, 1.807) is 0 Å². The van der Waals surface area contributed by atoms with Gasteiger partial charge in [0.05, 0.1) is 0 Å². The second-order valence-corrected chi connectivity index (χ2v) is 5.41. The lowest BCUT2D eigenvalue weighted by atomic mass is 10.0. The van der Waals surface area contributed by atoms with Crippen LogP contribution < -0.4 is 5.32 Å². The molecule has 1 fully saturated rings. The van der Waals surface area contributed by atoms with Gasteiger partial charge in [0.25, 0.3) is 0 Å². The summed E-state index contributed by atoms with van der Waals surface area (Å²) in [5.41, 5.74) is 4.19. The number of likely N-dealkylation sites (tertiary alicyclic amines) is 1. The lowest BCUT2D eigenvalue weighted by Gasteiger charge is -2.30. The van der Waals surface area contributed by atoms with Crippen LogP contribution in [0.3, 0.4) is 0 Å². The van der Waals surface area contributed by atoms with Crippen LogP contribution in [0.15, 0.2) is 18.2 Å². The third-order valence-electron chi connectivity index (χ3n) is 3.71. The van der Waals surface area contributed by atoms with E-state index in [-0.39, 0.29) is 0 Å². The SMILES string of the molecule is Cc1ccc(C)c(CNC2CCCN(C)C2)c1. The van der Waals surface area contributed by atoms with Gasteiger partial charge in [-0.05, 0) is 51.4 Å². The Labute approximate surface area is 105 Å². The van der Waals surface area contributed by atoms with Gasteiger partial charge in [0, 0.05) is 19.1 Å². The lowest BCUT2D eigenvalue weighted by molar-refractivity contribution is 0.226. The van der Waals surface area contributed by atoms with E-state index in [1.807, 2.05) is 0 Å². The molecule has 0 radical (unpaired) electrons. The summed E-state index contributed by atoms with van der Waals surface area (Å²) in [5, 5.41) is 3.69. The molecule has 0 saturated carbocycles. The van der Waals surface area contributed by atoms with Crippen molar-refractivity contribution in [2.24, 2.45) is 0 Å². The Morgan fingerprint density at radius 3 is 2.94 bits per heavy atom. The minimum absolute atomic E-state index is 0.661. The average Bonchev–Trinajstić information content (AvgIpc) is 2.30. The Kier molecular flexibility index (Phi) is 4.19. The fourth-order valence-corrected chi connectivity index (χ4v) is 2.58. The first kappa shape index (κ1) is 12.6. The molecule has 1 aromatic rings. The first-order chi connectivity index (χ1) is 8.15. The van der Waals surface area contributed by atoms with Crippen molar-refractivity contribution in [3.8, 4) is 0 Å². The molecule has 94 valence electrons. The molecule has 1 aliphatic rings. The van der Waals surface area contributed by atoms with Crippen molar-refractivity contribution >= 4 is 0 Å². The molecule has 1 aliphatic heterocycles. The highest BCUT2D eigenvalue weighted by molar-refractivity contribution is 5.30. The van der Waals surface area contributed by atoms with E-state index in [1.165, 1.54) is 42.6 Å². The molecule has 0 spiro atoms. The van der Waals surface area contributed by atoms with Crippen LogP contribution in [0.5, 0.6) is 0 Å². The predicted molar refractivity (Wildman–Crippen MR) is 73.3 cm³/mol. The molecule has 1 atom stereocenters. The second-order valence-electron chi connectivity index (χ2n) is 5.41. The zero-order valence-corrected chi connectivity index (χ0v) is 11.3. The third kappa shape index (κ3) is 3.55. The van der Waals surface area contributed by atoms with Crippen LogP contribution in [0, 0.1) is 13.8 Å². The molecular formula is C15H24N2. The van der Waals surface area contributed by atoms with Gasteiger partial charge in [-0.1, -0.05) is 23.8 Å². The monoisotopic (exact) mass is 232 g/mol. The van der Waals surface area contributed by atoms with Gasteiger partial charge in [0.15, 0.2) is 0 Å². The molecule has 0 bridgehead atoms. The fourth-order valence-electron chi connectivity index (χ4n) is 2.58. The number of hydrogen-bond donors (Lipinski definition) is 1. The van der Waals surface area contributed by atoms with Crippen LogP contribution in [0.25, 0.3) is 0 Å². The summed E-state index contributed by atoms with van der Waals surface area (Å²) in [6.07, 6.45) is 2.64. The minimum Gasteiger partial charge on any atom is -0.309 e. The van der Waals surface area contributed by atoms with Gasteiger partial charge < -0.3 is 10.2 Å². The summed E-state index contributed by atoms with van der Waals surface area (Å²) in [7, 11) is 2.21. The maximum Gasteiger partial charge on any atom is 0.0211 e. The number of rotatable bonds is 3. The first-order valence-electron chi connectivity index (χ1n) is 6.63. The second kappa shape index (κ2) is 5.65. The van der Waals surface area contributed by atoms with E-state index in [0.29, 0.717) is 6.04 Å². The summed E-state index contributed by atoms with van der Waals surface area (Å²) in [6, 6.07) is 7.37. The van der Waals surface area contributed by atoms with E-state index >= 15 is 0 Å². The summed E-state index contributed by atoms with van der Waals surface area (Å²) >= 11 is 0. The van der Waals surface area contributed by atoms with Crippen LogP contribution in [0.4, 0.5) is 0 Å². The van der Waals surface area contributed by atoms with Gasteiger partial charge in [0.2, 0.25) is 0 Å². The maximum atomic E-state index is 3.69. The summed E-state index contributed by atoms with van der Waals surface area (Å²) in [5.74, 6) is 0. The Morgan fingerprint density at radius 2 is 2.18 bits per heavy atom. The summed E-state index contributed by atoms with van der Waals surface area (Å²) in [6.45, 7) is 7.80. The number of aryl methyl sites for hydroxylation is 2.